The number of aryl methyl sites for hydroxylation is 1. The minimum absolute atomic E-state index is 0.128. The summed E-state index contributed by atoms with van der Waals surface area (Å²) in [5.41, 5.74) is 3.03. The van der Waals surface area contributed by atoms with Gasteiger partial charge in [0, 0.05) is 25.0 Å². The van der Waals surface area contributed by atoms with E-state index in [-0.39, 0.29) is 24.8 Å². The summed E-state index contributed by atoms with van der Waals surface area (Å²) in [5, 5.41) is 3.00. The van der Waals surface area contributed by atoms with Crippen molar-refractivity contribution in [1.82, 2.24) is 10.2 Å². The fourth-order valence-corrected chi connectivity index (χ4v) is 5.16. The van der Waals surface area contributed by atoms with Gasteiger partial charge >= 0.3 is 0 Å². The number of nitrogens with zero attached hydrogens (tertiary/aromatic N) is 2. The largest absolute Gasteiger partial charge is 0.350 e. The number of benzene rings is 2. The average Bonchev–Trinajstić information content (AvgIpc) is 2.77. The summed E-state index contributed by atoms with van der Waals surface area (Å²) in [6.07, 6.45) is 2.12. The second-order valence-corrected chi connectivity index (χ2v) is 12.2. The first-order valence-electron chi connectivity index (χ1n) is 12.4. The van der Waals surface area contributed by atoms with Crippen molar-refractivity contribution >= 4 is 27.5 Å². The molecule has 0 fully saturated rings. The molecule has 2 amide bonds. The van der Waals surface area contributed by atoms with Crippen LogP contribution in [0.15, 0.2) is 48.5 Å². The number of sulfonamides is 1. The predicted octanol–water partition coefficient (Wildman–Crippen LogP) is 4.57. The van der Waals surface area contributed by atoms with Crippen molar-refractivity contribution in [3.8, 4) is 0 Å². The molecule has 1 atom stereocenters. The molecule has 2 aromatic carbocycles. The molecule has 7 nitrogen and oxygen atoms in total. The Kier molecular flexibility index (Phi) is 10.1. The molecule has 198 valence electrons. The van der Waals surface area contributed by atoms with Crippen molar-refractivity contribution in [2.75, 3.05) is 17.1 Å². The van der Waals surface area contributed by atoms with E-state index in [9.17, 15) is 18.0 Å². The molecule has 0 saturated heterocycles. The van der Waals surface area contributed by atoms with Crippen LogP contribution in [0.4, 0.5) is 5.69 Å². The second-order valence-electron chi connectivity index (χ2n) is 10.3. The molecule has 0 aliphatic carbocycles. The van der Waals surface area contributed by atoms with Crippen LogP contribution in [-0.2, 0) is 26.2 Å². The maximum atomic E-state index is 13.5. The monoisotopic (exact) mass is 515 g/mol. The lowest BCUT2D eigenvalue weighted by molar-refractivity contribution is -0.142. The van der Waals surface area contributed by atoms with Crippen LogP contribution in [0, 0.1) is 13.8 Å². The van der Waals surface area contributed by atoms with Gasteiger partial charge in [0.1, 0.15) is 6.04 Å². The van der Waals surface area contributed by atoms with E-state index in [1.165, 1.54) is 10.6 Å². The summed E-state index contributed by atoms with van der Waals surface area (Å²) in [4.78, 5) is 28.2. The molecule has 0 aliphatic heterocycles. The summed E-state index contributed by atoms with van der Waals surface area (Å²) >= 11 is 0. The Morgan fingerprint density at radius 1 is 1.00 bits per heavy atom. The minimum atomic E-state index is -3.53. The fraction of sp³-hybridized carbons (Fsp3) is 0.500. The molecule has 1 N–H and O–H groups in total. The standard InChI is InChI=1S/C28H41N3O4S/c1-8-24(27(33)29-28(4,5)6)30(20-23-15-10-9-11-16-23)26(32)18-13-19-31(36(7,34)35)25-17-12-14-21(2)22(25)3/h9-12,14-17,24H,8,13,18-20H2,1-7H3,(H,29,33)/t24-/m1/s1. The Hall–Kier alpha value is -2.87. The maximum absolute atomic E-state index is 13.5. The smallest absolute Gasteiger partial charge is 0.243 e. The molecule has 0 unspecified atom stereocenters. The minimum Gasteiger partial charge on any atom is -0.350 e. The van der Waals surface area contributed by atoms with Crippen molar-refractivity contribution in [1.29, 1.82) is 0 Å². The van der Waals surface area contributed by atoms with E-state index in [2.05, 4.69) is 5.32 Å². The molecule has 2 rings (SSSR count). The molecule has 0 bridgehead atoms. The first-order valence-corrected chi connectivity index (χ1v) is 14.3. The number of carbonyl (C=O) groups is 2. The normalized spacial score (nSPS) is 12.6. The van der Waals surface area contributed by atoms with Gasteiger partial charge in [-0.15, -0.1) is 0 Å². The molecule has 0 aromatic heterocycles. The SMILES string of the molecule is CC[C@H](C(=O)NC(C)(C)C)N(Cc1ccccc1)C(=O)CCCN(c1cccc(C)c1C)S(C)(=O)=O. The van der Waals surface area contributed by atoms with Gasteiger partial charge in [-0.1, -0.05) is 49.4 Å². The molecular weight excluding hydrogens is 474 g/mol. The van der Waals surface area contributed by atoms with E-state index in [0.717, 1.165) is 16.7 Å². The molecule has 36 heavy (non-hydrogen) atoms. The highest BCUT2D eigenvalue weighted by Crippen LogP contribution is 2.25. The first kappa shape index (κ1) is 29.4. The number of nitrogens with one attached hydrogen (secondary N) is 1. The van der Waals surface area contributed by atoms with E-state index >= 15 is 0 Å². The number of carbonyl (C=O) groups excluding carboxylic acids is 2. The van der Waals surface area contributed by atoms with Crippen LogP contribution in [-0.4, -0.2) is 49.5 Å². The van der Waals surface area contributed by atoms with Crippen LogP contribution in [0.1, 0.15) is 63.6 Å². The number of hydrogen-bond acceptors (Lipinski definition) is 4. The summed E-state index contributed by atoms with van der Waals surface area (Å²) in [6, 6.07) is 14.5. The number of rotatable bonds is 11. The van der Waals surface area contributed by atoms with Gasteiger partial charge in [0.05, 0.1) is 11.9 Å². The van der Waals surface area contributed by atoms with Gasteiger partial charge in [-0.25, -0.2) is 8.42 Å². The van der Waals surface area contributed by atoms with Gasteiger partial charge < -0.3 is 10.2 Å². The fourth-order valence-electron chi connectivity index (χ4n) is 4.14. The van der Waals surface area contributed by atoms with Crippen molar-refractivity contribution in [3.05, 3.63) is 65.2 Å². The van der Waals surface area contributed by atoms with Crippen molar-refractivity contribution < 1.29 is 18.0 Å². The van der Waals surface area contributed by atoms with Crippen molar-refractivity contribution in [2.24, 2.45) is 0 Å². The lowest BCUT2D eigenvalue weighted by Crippen LogP contribution is -2.53. The zero-order valence-electron chi connectivity index (χ0n) is 22.7. The maximum Gasteiger partial charge on any atom is 0.243 e. The lowest BCUT2D eigenvalue weighted by atomic mass is 10.0. The Morgan fingerprint density at radius 3 is 2.19 bits per heavy atom. The topological polar surface area (TPSA) is 86.8 Å². The predicted molar refractivity (Wildman–Crippen MR) is 146 cm³/mol. The third-order valence-electron chi connectivity index (χ3n) is 6.08. The number of amides is 2. The molecule has 0 heterocycles. The molecule has 0 aliphatic rings. The van der Waals surface area contributed by atoms with Gasteiger partial charge in [0.15, 0.2) is 0 Å². The zero-order valence-corrected chi connectivity index (χ0v) is 23.5. The summed E-state index contributed by atoms with van der Waals surface area (Å²) < 4.78 is 26.6. The van der Waals surface area contributed by atoms with Gasteiger partial charge in [0.25, 0.3) is 0 Å². The first-order chi connectivity index (χ1) is 16.7. The van der Waals surface area contributed by atoms with Crippen LogP contribution in [0.3, 0.4) is 0 Å². The Balaban J connectivity index is 2.24. The summed E-state index contributed by atoms with van der Waals surface area (Å²) in [6.45, 7) is 12.0. The van der Waals surface area contributed by atoms with Crippen LogP contribution in [0.5, 0.6) is 0 Å². The molecule has 8 heteroatoms. The van der Waals surface area contributed by atoms with Gasteiger partial charge in [0.2, 0.25) is 21.8 Å². The Morgan fingerprint density at radius 2 is 1.64 bits per heavy atom. The van der Waals surface area contributed by atoms with Crippen molar-refractivity contribution in [3.63, 3.8) is 0 Å². The third kappa shape index (κ3) is 8.36. The number of anilines is 1. The molecule has 2 aromatic rings. The van der Waals surface area contributed by atoms with E-state index in [1.54, 1.807) is 11.0 Å². The molecule has 0 spiro atoms. The van der Waals surface area contributed by atoms with Crippen LogP contribution in [0.25, 0.3) is 0 Å². The van der Waals surface area contributed by atoms with E-state index in [0.29, 0.717) is 25.1 Å². The van der Waals surface area contributed by atoms with E-state index < -0.39 is 21.6 Å². The Bertz CT molecular complexity index is 1140. The van der Waals surface area contributed by atoms with Crippen LogP contribution in [0.2, 0.25) is 0 Å². The van der Waals surface area contributed by atoms with Gasteiger partial charge in [-0.3, -0.25) is 13.9 Å². The van der Waals surface area contributed by atoms with Crippen LogP contribution < -0.4 is 9.62 Å². The van der Waals surface area contributed by atoms with Crippen LogP contribution >= 0.6 is 0 Å². The second kappa shape index (κ2) is 12.4. The van der Waals surface area contributed by atoms with E-state index in [1.807, 2.05) is 84.0 Å². The lowest BCUT2D eigenvalue weighted by Gasteiger charge is -2.33. The molecule has 0 saturated carbocycles. The highest BCUT2D eigenvalue weighted by molar-refractivity contribution is 7.92. The third-order valence-corrected chi connectivity index (χ3v) is 7.26. The highest BCUT2D eigenvalue weighted by atomic mass is 32.2. The van der Waals surface area contributed by atoms with Gasteiger partial charge in [-0.05, 0) is 70.2 Å². The highest BCUT2D eigenvalue weighted by Gasteiger charge is 2.30. The number of hydrogen-bond donors (Lipinski definition) is 1. The Labute approximate surface area is 216 Å². The summed E-state index contributed by atoms with van der Waals surface area (Å²) in [5.74, 6) is -0.369. The average molecular weight is 516 g/mol. The quantitative estimate of drug-likeness (QED) is 0.475. The summed E-state index contributed by atoms with van der Waals surface area (Å²) in [7, 11) is -3.53. The van der Waals surface area contributed by atoms with E-state index in [4.69, 9.17) is 0 Å². The molecular formula is C28H41N3O4S. The van der Waals surface area contributed by atoms with Gasteiger partial charge in [-0.2, -0.15) is 0 Å². The molecule has 0 radical (unpaired) electrons. The zero-order chi connectivity index (χ0) is 27.1. The van der Waals surface area contributed by atoms with Crippen molar-refractivity contribution in [2.45, 2.75) is 78.9 Å².